The second-order valence-electron chi connectivity index (χ2n) is 6.78. The lowest BCUT2D eigenvalue weighted by molar-refractivity contribution is -0.125. The van der Waals surface area contributed by atoms with Crippen LogP contribution in [0.25, 0.3) is 0 Å². The third-order valence-electron chi connectivity index (χ3n) is 5.16. The van der Waals surface area contributed by atoms with E-state index in [-0.39, 0.29) is 5.78 Å². The van der Waals surface area contributed by atoms with Crippen LogP contribution in [-0.2, 0) is 23.2 Å². The molecular formula is C23H23N3O. The maximum Gasteiger partial charge on any atom is 0.163 e. The summed E-state index contributed by atoms with van der Waals surface area (Å²) >= 11 is 0. The lowest BCUT2D eigenvalue weighted by Gasteiger charge is -2.32. The summed E-state index contributed by atoms with van der Waals surface area (Å²) < 4.78 is 1.97. The van der Waals surface area contributed by atoms with Crippen molar-refractivity contribution in [2.45, 2.75) is 38.6 Å². The van der Waals surface area contributed by atoms with Gasteiger partial charge in [0.15, 0.2) is 5.78 Å². The molecule has 0 saturated carbocycles. The normalized spacial score (nSPS) is 12.9. The lowest BCUT2D eigenvalue weighted by atomic mass is 9.84. The Labute approximate surface area is 160 Å². The van der Waals surface area contributed by atoms with Crippen molar-refractivity contribution in [3.05, 3.63) is 89.5 Å². The van der Waals surface area contributed by atoms with Crippen molar-refractivity contribution >= 4 is 5.78 Å². The molecule has 4 nitrogen and oxygen atoms in total. The van der Waals surface area contributed by atoms with Crippen LogP contribution in [0, 0.1) is 11.3 Å². The molecule has 136 valence electrons. The van der Waals surface area contributed by atoms with E-state index in [2.05, 4.69) is 18.0 Å². The van der Waals surface area contributed by atoms with E-state index in [1.54, 1.807) is 18.5 Å². The van der Waals surface area contributed by atoms with Crippen LogP contribution in [0.4, 0.5) is 0 Å². The molecule has 0 spiro atoms. The number of Topliss-reactive ketones (excluding diaryl/α,β-unsaturated/α-hetero) is 1. The number of hydrogen-bond donors (Lipinski definition) is 0. The van der Waals surface area contributed by atoms with Crippen molar-refractivity contribution in [3.63, 3.8) is 0 Å². The summed E-state index contributed by atoms with van der Waals surface area (Å²) in [5.74, 6) is 0.128. The third-order valence-corrected chi connectivity index (χ3v) is 5.16. The lowest BCUT2D eigenvalue weighted by Crippen LogP contribution is -2.41. The summed E-state index contributed by atoms with van der Waals surface area (Å²) in [7, 11) is 0. The molecule has 0 aliphatic heterocycles. The second kappa shape index (κ2) is 8.01. The number of hydrogen-bond acceptors (Lipinski definition) is 3. The van der Waals surface area contributed by atoms with Gasteiger partial charge in [0.2, 0.25) is 0 Å². The van der Waals surface area contributed by atoms with Gasteiger partial charge in [-0.3, -0.25) is 4.79 Å². The molecule has 0 saturated heterocycles. The number of aromatic nitrogens is 2. The van der Waals surface area contributed by atoms with Gasteiger partial charge in [-0.2, -0.15) is 5.26 Å². The van der Waals surface area contributed by atoms with Gasteiger partial charge in [-0.15, -0.1) is 0 Å². The van der Waals surface area contributed by atoms with Gasteiger partial charge in [0, 0.05) is 18.3 Å². The van der Waals surface area contributed by atoms with Crippen molar-refractivity contribution < 1.29 is 4.79 Å². The van der Waals surface area contributed by atoms with Crippen LogP contribution in [0.1, 0.15) is 42.7 Å². The van der Waals surface area contributed by atoms with Crippen LogP contribution < -0.4 is 0 Å². The fourth-order valence-corrected chi connectivity index (χ4v) is 3.44. The monoisotopic (exact) mass is 357 g/mol. The number of aryl methyl sites for hydroxylation is 2. The molecule has 1 heterocycles. The Morgan fingerprint density at radius 3 is 2.48 bits per heavy atom. The Hall–Kier alpha value is -3.19. The average Bonchev–Trinajstić information content (AvgIpc) is 3.21. The molecule has 0 bridgehead atoms. The highest BCUT2D eigenvalue weighted by Gasteiger charge is 2.37. The van der Waals surface area contributed by atoms with E-state index in [1.165, 1.54) is 0 Å². The minimum atomic E-state index is -0.857. The van der Waals surface area contributed by atoms with E-state index >= 15 is 0 Å². The Bertz CT molecular complexity index is 951. The van der Waals surface area contributed by atoms with Gasteiger partial charge in [0.05, 0.1) is 18.0 Å². The molecule has 4 heteroatoms. The molecule has 0 radical (unpaired) electrons. The van der Waals surface area contributed by atoms with E-state index in [9.17, 15) is 4.79 Å². The summed E-state index contributed by atoms with van der Waals surface area (Å²) in [5.41, 5.74) is 2.75. The zero-order valence-corrected chi connectivity index (χ0v) is 15.7. The van der Waals surface area contributed by atoms with Crippen LogP contribution in [-0.4, -0.2) is 15.3 Å². The molecule has 27 heavy (non-hydrogen) atoms. The van der Waals surface area contributed by atoms with Crippen LogP contribution in [0.2, 0.25) is 0 Å². The highest BCUT2D eigenvalue weighted by Crippen LogP contribution is 2.31. The number of rotatable bonds is 7. The molecular weight excluding hydrogens is 334 g/mol. The number of nitrogens with zero attached hydrogens (tertiary/aromatic N) is 3. The van der Waals surface area contributed by atoms with Crippen LogP contribution in [0.5, 0.6) is 0 Å². The number of carbonyl (C=O) groups excluding carboxylic acids is 1. The summed E-state index contributed by atoms with van der Waals surface area (Å²) in [4.78, 5) is 17.7. The molecule has 2 aromatic carbocycles. The smallest absolute Gasteiger partial charge is 0.163 e. The maximum absolute atomic E-state index is 13.4. The maximum atomic E-state index is 13.4. The number of nitriles is 1. The number of benzene rings is 2. The van der Waals surface area contributed by atoms with Crippen LogP contribution >= 0.6 is 0 Å². The van der Waals surface area contributed by atoms with Gasteiger partial charge in [-0.25, -0.2) is 4.98 Å². The first-order valence-corrected chi connectivity index (χ1v) is 9.19. The molecule has 0 N–H and O–H groups in total. The van der Waals surface area contributed by atoms with E-state index in [1.807, 2.05) is 60.2 Å². The van der Waals surface area contributed by atoms with Crippen molar-refractivity contribution in [3.8, 4) is 6.07 Å². The number of imidazole rings is 1. The van der Waals surface area contributed by atoms with Gasteiger partial charge >= 0.3 is 0 Å². The summed E-state index contributed by atoms with van der Waals surface area (Å²) in [5, 5.41) is 9.08. The highest BCUT2D eigenvalue weighted by molar-refractivity contribution is 5.90. The predicted molar refractivity (Wildman–Crippen MR) is 105 cm³/mol. The first-order chi connectivity index (χ1) is 13.1. The third kappa shape index (κ3) is 3.68. The largest absolute Gasteiger partial charge is 0.318 e. The van der Waals surface area contributed by atoms with Crippen molar-refractivity contribution in [2.24, 2.45) is 0 Å². The van der Waals surface area contributed by atoms with Crippen LogP contribution in [0.3, 0.4) is 0 Å². The number of carbonyl (C=O) groups is 1. The zero-order valence-electron chi connectivity index (χ0n) is 15.7. The SMILES string of the molecule is CCc1cncn1C(C)(C(=O)CCc1ccccc1)c1ccc(C#N)cc1. The van der Waals surface area contributed by atoms with Gasteiger partial charge < -0.3 is 4.57 Å². The Balaban J connectivity index is 1.98. The molecule has 0 aliphatic rings. The van der Waals surface area contributed by atoms with Crippen LogP contribution in [0.15, 0.2) is 67.1 Å². The summed E-state index contributed by atoms with van der Waals surface area (Å²) in [6.07, 6.45) is 5.46. The van der Waals surface area contributed by atoms with Gasteiger partial charge in [0.25, 0.3) is 0 Å². The quantitative estimate of drug-likeness (QED) is 0.634. The molecule has 1 unspecified atom stereocenters. The van der Waals surface area contributed by atoms with Crippen molar-refractivity contribution in [1.82, 2.24) is 9.55 Å². The number of ketones is 1. The molecule has 0 aliphatic carbocycles. The Kier molecular flexibility index (Phi) is 5.52. The Morgan fingerprint density at radius 2 is 1.85 bits per heavy atom. The summed E-state index contributed by atoms with van der Waals surface area (Å²) in [6.45, 7) is 4.00. The fraction of sp³-hybridized carbons (Fsp3) is 0.261. The zero-order chi connectivity index (χ0) is 19.3. The minimum absolute atomic E-state index is 0.128. The molecule has 0 fully saturated rings. The second-order valence-corrected chi connectivity index (χ2v) is 6.78. The van der Waals surface area contributed by atoms with E-state index in [0.717, 1.165) is 23.2 Å². The van der Waals surface area contributed by atoms with Gasteiger partial charge in [-0.05, 0) is 43.0 Å². The molecule has 1 aromatic heterocycles. The molecule has 0 amide bonds. The van der Waals surface area contributed by atoms with E-state index in [4.69, 9.17) is 5.26 Å². The molecule has 3 rings (SSSR count). The van der Waals surface area contributed by atoms with Gasteiger partial charge in [0.1, 0.15) is 5.54 Å². The minimum Gasteiger partial charge on any atom is -0.318 e. The Morgan fingerprint density at radius 1 is 1.15 bits per heavy atom. The highest BCUT2D eigenvalue weighted by atomic mass is 16.1. The fourth-order valence-electron chi connectivity index (χ4n) is 3.44. The standard InChI is InChI=1S/C23H23N3O/c1-3-21-16-25-17-26(21)23(2,20-12-9-19(15-24)10-13-20)22(27)14-11-18-7-5-4-6-8-18/h4-10,12-13,16-17H,3,11,14H2,1-2H3. The van der Waals surface area contributed by atoms with Crippen molar-refractivity contribution in [1.29, 1.82) is 5.26 Å². The first-order valence-electron chi connectivity index (χ1n) is 9.19. The predicted octanol–water partition coefficient (Wildman–Crippen LogP) is 4.28. The summed E-state index contributed by atoms with van der Waals surface area (Å²) in [6, 6.07) is 19.5. The van der Waals surface area contributed by atoms with E-state index < -0.39 is 5.54 Å². The van der Waals surface area contributed by atoms with Crippen molar-refractivity contribution in [2.75, 3.05) is 0 Å². The van der Waals surface area contributed by atoms with Gasteiger partial charge in [-0.1, -0.05) is 49.4 Å². The topological polar surface area (TPSA) is 58.7 Å². The molecule has 3 aromatic rings. The first kappa shape index (κ1) is 18.6. The van der Waals surface area contributed by atoms with E-state index in [0.29, 0.717) is 18.4 Å². The average molecular weight is 357 g/mol. The molecule has 1 atom stereocenters.